The number of carboxylic acid groups (broad SMARTS) is 1. The van der Waals surface area contributed by atoms with Crippen molar-refractivity contribution in [2.75, 3.05) is 13.2 Å². The highest BCUT2D eigenvalue weighted by Crippen LogP contribution is 2.36. The quantitative estimate of drug-likeness (QED) is 0.818. The van der Waals surface area contributed by atoms with E-state index in [0.29, 0.717) is 11.9 Å². The van der Waals surface area contributed by atoms with Gasteiger partial charge in [-0.15, -0.1) is 0 Å². The predicted octanol–water partition coefficient (Wildman–Crippen LogP) is 2.55. The van der Waals surface area contributed by atoms with Gasteiger partial charge < -0.3 is 14.4 Å². The molecule has 29 heavy (non-hydrogen) atoms. The number of aromatic nitrogens is 3. The van der Waals surface area contributed by atoms with E-state index in [9.17, 15) is 13.2 Å². The van der Waals surface area contributed by atoms with Crippen LogP contribution in [0.5, 0.6) is 0 Å². The number of nitrogens with zero attached hydrogens (tertiary/aromatic N) is 4. The molecule has 0 radical (unpaired) electrons. The van der Waals surface area contributed by atoms with Gasteiger partial charge in [0, 0.05) is 31.9 Å². The molecule has 2 fully saturated rings. The van der Waals surface area contributed by atoms with Gasteiger partial charge in [0.1, 0.15) is 0 Å². The molecule has 0 aromatic carbocycles. The summed E-state index contributed by atoms with van der Waals surface area (Å²) in [4.78, 5) is 20.2. The highest BCUT2D eigenvalue weighted by molar-refractivity contribution is 5.73. The lowest BCUT2D eigenvalue weighted by Crippen LogP contribution is -2.48. The first-order chi connectivity index (χ1) is 13.7. The summed E-state index contributed by atoms with van der Waals surface area (Å²) in [5.74, 6) is -1.09. The number of rotatable bonds is 3. The SMILES string of the molecule is Cc1noc([C@H]2C[C@H]3OCC[C@H]3N(Cc3ccccn3)C2)n1.O=C(O)C(F)(F)F. The number of likely N-dealkylation sites (tertiary alicyclic amines) is 1. The highest BCUT2D eigenvalue weighted by atomic mass is 19.4. The van der Waals surface area contributed by atoms with Crippen molar-refractivity contribution in [2.45, 2.75) is 50.6 Å². The van der Waals surface area contributed by atoms with E-state index in [-0.39, 0.29) is 12.0 Å². The Kier molecular flexibility index (Phi) is 6.48. The summed E-state index contributed by atoms with van der Waals surface area (Å²) in [6, 6.07) is 6.53. The minimum atomic E-state index is -5.08. The van der Waals surface area contributed by atoms with Gasteiger partial charge in [0.2, 0.25) is 5.89 Å². The Labute approximate surface area is 164 Å². The molecular weight excluding hydrogens is 393 g/mol. The number of alkyl halides is 3. The fourth-order valence-electron chi connectivity index (χ4n) is 3.59. The Morgan fingerprint density at radius 2 is 2.14 bits per heavy atom. The Hall–Kier alpha value is -2.53. The fraction of sp³-hybridized carbons (Fsp3) is 0.556. The van der Waals surface area contributed by atoms with Gasteiger partial charge in [-0.2, -0.15) is 18.2 Å². The van der Waals surface area contributed by atoms with Crippen LogP contribution in [0.1, 0.15) is 36.2 Å². The van der Waals surface area contributed by atoms with Crippen LogP contribution < -0.4 is 0 Å². The maximum Gasteiger partial charge on any atom is 0.490 e. The van der Waals surface area contributed by atoms with Crippen molar-refractivity contribution in [3.05, 3.63) is 41.8 Å². The molecule has 4 heterocycles. The monoisotopic (exact) mass is 414 g/mol. The van der Waals surface area contributed by atoms with E-state index in [1.54, 1.807) is 0 Å². The number of ether oxygens (including phenoxy) is 1. The molecule has 158 valence electrons. The third kappa shape index (κ3) is 5.51. The molecule has 3 atom stereocenters. The van der Waals surface area contributed by atoms with E-state index in [0.717, 1.165) is 44.1 Å². The summed E-state index contributed by atoms with van der Waals surface area (Å²) in [5.41, 5.74) is 1.09. The lowest BCUT2D eigenvalue weighted by atomic mass is 9.89. The number of aryl methyl sites for hydroxylation is 1. The topological polar surface area (TPSA) is 102 Å². The number of carboxylic acids is 1. The van der Waals surface area contributed by atoms with Crippen molar-refractivity contribution in [2.24, 2.45) is 0 Å². The molecule has 4 rings (SSSR count). The van der Waals surface area contributed by atoms with E-state index in [4.69, 9.17) is 19.2 Å². The zero-order valence-corrected chi connectivity index (χ0v) is 15.7. The molecule has 2 aromatic rings. The predicted molar refractivity (Wildman–Crippen MR) is 92.9 cm³/mol. The molecule has 2 saturated heterocycles. The number of halogens is 3. The summed E-state index contributed by atoms with van der Waals surface area (Å²) < 4.78 is 43.1. The molecule has 2 aromatic heterocycles. The summed E-state index contributed by atoms with van der Waals surface area (Å²) in [5, 5.41) is 11.1. The second-order valence-electron chi connectivity index (χ2n) is 6.93. The number of piperidine rings is 1. The fourth-order valence-corrected chi connectivity index (χ4v) is 3.59. The van der Waals surface area contributed by atoms with Crippen molar-refractivity contribution in [3.63, 3.8) is 0 Å². The number of fused-ring (bicyclic) bond motifs is 1. The molecule has 0 aliphatic carbocycles. The molecule has 8 nitrogen and oxygen atoms in total. The number of aliphatic carboxylic acids is 1. The first-order valence-corrected chi connectivity index (χ1v) is 9.10. The van der Waals surface area contributed by atoms with Crippen molar-refractivity contribution < 1.29 is 32.3 Å². The normalized spacial score (nSPS) is 24.5. The van der Waals surface area contributed by atoms with Crippen LogP contribution >= 0.6 is 0 Å². The van der Waals surface area contributed by atoms with Crippen LogP contribution in [0.3, 0.4) is 0 Å². The Balaban J connectivity index is 0.000000298. The second kappa shape index (κ2) is 8.87. The van der Waals surface area contributed by atoms with Gasteiger partial charge in [-0.3, -0.25) is 9.88 Å². The molecular formula is C18H21F3N4O4. The van der Waals surface area contributed by atoms with Crippen LogP contribution in [0.25, 0.3) is 0 Å². The van der Waals surface area contributed by atoms with Crippen molar-refractivity contribution in [1.29, 1.82) is 0 Å². The lowest BCUT2D eigenvalue weighted by Gasteiger charge is -2.39. The number of hydrogen-bond acceptors (Lipinski definition) is 7. The average molecular weight is 414 g/mol. The first-order valence-electron chi connectivity index (χ1n) is 9.10. The third-order valence-corrected chi connectivity index (χ3v) is 4.84. The maximum absolute atomic E-state index is 10.6. The number of hydrogen-bond donors (Lipinski definition) is 1. The van der Waals surface area contributed by atoms with E-state index in [1.165, 1.54) is 0 Å². The second-order valence-corrected chi connectivity index (χ2v) is 6.93. The zero-order valence-electron chi connectivity index (χ0n) is 15.7. The summed E-state index contributed by atoms with van der Waals surface area (Å²) in [6.07, 6.45) is -0.923. The Morgan fingerprint density at radius 3 is 2.72 bits per heavy atom. The van der Waals surface area contributed by atoms with Gasteiger partial charge in [0.05, 0.1) is 17.7 Å². The highest BCUT2D eigenvalue weighted by Gasteiger charge is 2.42. The number of carbonyl (C=O) groups is 1. The molecule has 0 spiro atoms. The minimum Gasteiger partial charge on any atom is -0.475 e. The third-order valence-electron chi connectivity index (χ3n) is 4.84. The van der Waals surface area contributed by atoms with Crippen LogP contribution in [0.2, 0.25) is 0 Å². The van der Waals surface area contributed by atoms with Crippen LogP contribution in [0.15, 0.2) is 28.9 Å². The average Bonchev–Trinajstić information content (AvgIpc) is 3.31. The van der Waals surface area contributed by atoms with Gasteiger partial charge in [-0.25, -0.2) is 4.79 Å². The molecule has 11 heteroatoms. The largest absolute Gasteiger partial charge is 0.490 e. The van der Waals surface area contributed by atoms with Gasteiger partial charge in [-0.1, -0.05) is 11.2 Å². The molecule has 0 unspecified atom stereocenters. The molecule has 0 bridgehead atoms. The molecule has 2 aliphatic heterocycles. The van der Waals surface area contributed by atoms with Crippen molar-refractivity contribution in [3.8, 4) is 0 Å². The van der Waals surface area contributed by atoms with Gasteiger partial charge in [0.25, 0.3) is 0 Å². The van der Waals surface area contributed by atoms with Gasteiger partial charge >= 0.3 is 12.1 Å². The summed E-state index contributed by atoms with van der Waals surface area (Å²) in [7, 11) is 0. The minimum absolute atomic E-state index is 0.240. The van der Waals surface area contributed by atoms with Crippen LogP contribution in [0.4, 0.5) is 13.2 Å². The first kappa shape index (κ1) is 21.2. The van der Waals surface area contributed by atoms with Crippen LogP contribution in [-0.2, 0) is 16.1 Å². The maximum atomic E-state index is 10.6. The number of pyridine rings is 1. The molecule has 0 amide bonds. The van der Waals surface area contributed by atoms with Crippen LogP contribution in [-0.4, -0.2) is 62.6 Å². The summed E-state index contributed by atoms with van der Waals surface area (Å²) in [6.45, 7) is 4.46. The van der Waals surface area contributed by atoms with Crippen molar-refractivity contribution >= 4 is 5.97 Å². The van der Waals surface area contributed by atoms with E-state index >= 15 is 0 Å². The van der Waals surface area contributed by atoms with Crippen LogP contribution in [0, 0.1) is 6.92 Å². The Bertz CT molecular complexity index is 815. The molecule has 0 saturated carbocycles. The van der Waals surface area contributed by atoms with Crippen molar-refractivity contribution in [1.82, 2.24) is 20.0 Å². The standard InChI is InChI=1S/C16H20N4O2.C2HF3O2/c1-11-18-16(22-19-11)12-8-15-14(5-7-21-15)20(9-12)10-13-4-2-3-6-17-13;3-2(4,5)1(6)7/h2-4,6,12,14-15H,5,7-10H2,1H3;(H,6,7)/t12-,14+,15+;/m0./s1. The Morgan fingerprint density at radius 1 is 1.38 bits per heavy atom. The lowest BCUT2D eigenvalue weighted by molar-refractivity contribution is -0.192. The van der Waals surface area contributed by atoms with Gasteiger partial charge in [0.15, 0.2) is 5.82 Å². The molecule has 1 N–H and O–H groups in total. The van der Waals surface area contributed by atoms with E-state index < -0.39 is 12.1 Å². The van der Waals surface area contributed by atoms with Gasteiger partial charge in [-0.05, 0) is 31.9 Å². The molecule has 2 aliphatic rings. The van der Waals surface area contributed by atoms with E-state index in [1.807, 2.05) is 25.3 Å². The smallest absolute Gasteiger partial charge is 0.475 e. The zero-order chi connectivity index (χ0) is 21.0. The van der Waals surface area contributed by atoms with E-state index in [2.05, 4.69) is 26.1 Å². The summed E-state index contributed by atoms with van der Waals surface area (Å²) >= 11 is 0.